The van der Waals surface area contributed by atoms with Gasteiger partial charge < -0.3 is 10.2 Å². The SMILES string of the molecule is CC(C)CCNC(=O)C(c1ccccc1)N(C(=O)Cn1nnc2ccccc21)C1CC1. The number of para-hydroxylation sites is 1. The average Bonchev–Trinajstić information content (AvgIpc) is 3.52. The van der Waals surface area contributed by atoms with Gasteiger partial charge in [0.05, 0.1) is 5.52 Å². The van der Waals surface area contributed by atoms with Crippen molar-refractivity contribution in [3.63, 3.8) is 0 Å². The van der Waals surface area contributed by atoms with Gasteiger partial charge in [-0.2, -0.15) is 0 Å². The summed E-state index contributed by atoms with van der Waals surface area (Å²) in [5.74, 6) is 0.249. The van der Waals surface area contributed by atoms with Crippen LogP contribution < -0.4 is 5.32 Å². The molecule has 1 aliphatic rings. The third kappa shape index (κ3) is 4.93. The molecule has 7 nitrogen and oxygen atoms in total. The first-order valence-corrected chi connectivity index (χ1v) is 11.0. The van der Waals surface area contributed by atoms with Crippen LogP contribution >= 0.6 is 0 Å². The van der Waals surface area contributed by atoms with Crippen molar-refractivity contribution in [1.82, 2.24) is 25.2 Å². The monoisotopic (exact) mass is 419 g/mol. The highest BCUT2D eigenvalue weighted by Gasteiger charge is 2.41. The normalized spacial score (nSPS) is 14.5. The molecule has 1 fully saturated rings. The number of benzene rings is 2. The maximum atomic E-state index is 13.5. The first-order chi connectivity index (χ1) is 15.0. The standard InChI is InChI=1S/C24H29N5O2/c1-17(2)14-15-25-24(31)23(18-8-4-3-5-9-18)29(19-12-13-19)22(30)16-28-21-11-7-6-10-20(21)26-27-28/h3-11,17,19,23H,12-16H2,1-2H3,(H,25,31). The maximum Gasteiger partial charge on any atom is 0.247 e. The van der Waals surface area contributed by atoms with Crippen LogP contribution in [0.5, 0.6) is 0 Å². The first-order valence-electron chi connectivity index (χ1n) is 11.0. The van der Waals surface area contributed by atoms with Gasteiger partial charge in [-0.15, -0.1) is 5.10 Å². The summed E-state index contributed by atoms with van der Waals surface area (Å²) >= 11 is 0. The van der Waals surface area contributed by atoms with Gasteiger partial charge in [0.1, 0.15) is 18.1 Å². The molecule has 0 spiro atoms. The van der Waals surface area contributed by atoms with Gasteiger partial charge in [-0.05, 0) is 42.9 Å². The molecule has 2 amide bonds. The van der Waals surface area contributed by atoms with Gasteiger partial charge in [-0.1, -0.05) is 61.5 Å². The summed E-state index contributed by atoms with van der Waals surface area (Å²) in [7, 11) is 0. The second-order valence-electron chi connectivity index (χ2n) is 8.55. The van der Waals surface area contributed by atoms with E-state index in [0.29, 0.717) is 12.5 Å². The van der Waals surface area contributed by atoms with E-state index in [0.717, 1.165) is 35.9 Å². The van der Waals surface area contributed by atoms with Crippen LogP contribution in [0.4, 0.5) is 0 Å². The van der Waals surface area contributed by atoms with E-state index in [4.69, 9.17) is 0 Å². The van der Waals surface area contributed by atoms with Crippen molar-refractivity contribution in [2.24, 2.45) is 5.92 Å². The van der Waals surface area contributed by atoms with Crippen molar-refractivity contribution < 1.29 is 9.59 Å². The van der Waals surface area contributed by atoms with Gasteiger partial charge in [0.25, 0.3) is 0 Å². The minimum absolute atomic E-state index is 0.0552. The lowest BCUT2D eigenvalue weighted by atomic mass is 10.0. The van der Waals surface area contributed by atoms with Crippen molar-refractivity contribution in [3.05, 3.63) is 60.2 Å². The molecule has 0 aliphatic heterocycles. The summed E-state index contributed by atoms with van der Waals surface area (Å²) < 4.78 is 1.62. The van der Waals surface area contributed by atoms with Crippen molar-refractivity contribution in [3.8, 4) is 0 Å². The van der Waals surface area contributed by atoms with Crippen LogP contribution in [0.3, 0.4) is 0 Å². The Hall–Kier alpha value is -3.22. The molecule has 0 saturated heterocycles. The number of hydrogen-bond acceptors (Lipinski definition) is 4. The Bertz CT molecular complexity index is 1040. The molecular weight excluding hydrogens is 390 g/mol. The predicted molar refractivity (Wildman–Crippen MR) is 119 cm³/mol. The number of rotatable bonds is 9. The van der Waals surface area contributed by atoms with E-state index in [9.17, 15) is 9.59 Å². The minimum atomic E-state index is -0.650. The Balaban J connectivity index is 1.60. The number of aromatic nitrogens is 3. The minimum Gasteiger partial charge on any atom is -0.354 e. The van der Waals surface area contributed by atoms with Crippen LogP contribution in [0.1, 0.15) is 44.7 Å². The van der Waals surface area contributed by atoms with Gasteiger partial charge in [0.15, 0.2) is 0 Å². The zero-order valence-corrected chi connectivity index (χ0v) is 18.1. The molecule has 1 atom stereocenters. The Morgan fingerprint density at radius 2 is 1.81 bits per heavy atom. The highest BCUT2D eigenvalue weighted by molar-refractivity contribution is 5.89. The van der Waals surface area contributed by atoms with E-state index in [2.05, 4.69) is 29.5 Å². The number of fused-ring (bicyclic) bond motifs is 1. The largest absolute Gasteiger partial charge is 0.354 e. The zero-order chi connectivity index (χ0) is 21.8. The lowest BCUT2D eigenvalue weighted by Gasteiger charge is -2.31. The fourth-order valence-electron chi connectivity index (χ4n) is 3.81. The highest BCUT2D eigenvalue weighted by atomic mass is 16.2. The molecule has 7 heteroatoms. The van der Waals surface area contributed by atoms with Crippen LogP contribution in [-0.2, 0) is 16.1 Å². The third-order valence-electron chi connectivity index (χ3n) is 5.60. The molecule has 1 unspecified atom stereocenters. The third-order valence-corrected chi connectivity index (χ3v) is 5.60. The Morgan fingerprint density at radius 3 is 2.52 bits per heavy atom. The summed E-state index contributed by atoms with van der Waals surface area (Å²) in [4.78, 5) is 28.5. The van der Waals surface area contributed by atoms with Gasteiger partial charge in [0, 0.05) is 12.6 Å². The van der Waals surface area contributed by atoms with Crippen LogP contribution in [0.2, 0.25) is 0 Å². The number of carbonyl (C=O) groups is 2. The molecule has 4 rings (SSSR count). The van der Waals surface area contributed by atoms with Gasteiger partial charge >= 0.3 is 0 Å². The van der Waals surface area contributed by atoms with Gasteiger partial charge in [-0.3, -0.25) is 9.59 Å². The summed E-state index contributed by atoms with van der Waals surface area (Å²) in [5.41, 5.74) is 2.39. The van der Waals surface area contributed by atoms with Gasteiger partial charge in [-0.25, -0.2) is 4.68 Å². The molecule has 31 heavy (non-hydrogen) atoms. The quantitative estimate of drug-likeness (QED) is 0.577. The van der Waals surface area contributed by atoms with Crippen molar-refractivity contribution >= 4 is 22.8 Å². The average molecular weight is 420 g/mol. The van der Waals surface area contributed by atoms with Crippen molar-refractivity contribution in [2.75, 3.05) is 6.54 Å². The van der Waals surface area contributed by atoms with Crippen LogP contribution in [0.25, 0.3) is 11.0 Å². The molecule has 1 saturated carbocycles. The predicted octanol–water partition coefficient (Wildman–Crippen LogP) is 3.33. The smallest absolute Gasteiger partial charge is 0.247 e. The molecule has 0 radical (unpaired) electrons. The van der Waals surface area contributed by atoms with Gasteiger partial charge in [0.2, 0.25) is 11.8 Å². The molecule has 1 aromatic heterocycles. The number of amides is 2. The summed E-state index contributed by atoms with van der Waals surface area (Å²) in [5, 5.41) is 11.4. The summed E-state index contributed by atoms with van der Waals surface area (Å²) in [6, 6.07) is 16.6. The summed E-state index contributed by atoms with van der Waals surface area (Å²) in [6.45, 7) is 4.91. The lowest BCUT2D eigenvalue weighted by Crippen LogP contribution is -2.46. The molecule has 1 N–H and O–H groups in total. The van der Waals surface area contributed by atoms with Crippen LogP contribution in [0.15, 0.2) is 54.6 Å². The molecule has 3 aromatic rings. The number of nitrogens with zero attached hydrogens (tertiary/aromatic N) is 4. The number of carbonyl (C=O) groups excluding carboxylic acids is 2. The second-order valence-corrected chi connectivity index (χ2v) is 8.55. The van der Waals surface area contributed by atoms with E-state index < -0.39 is 6.04 Å². The Morgan fingerprint density at radius 1 is 1.10 bits per heavy atom. The molecule has 1 aliphatic carbocycles. The van der Waals surface area contributed by atoms with Crippen LogP contribution in [0, 0.1) is 5.92 Å². The number of nitrogens with one attached hydrogen (secondary N) is 1. The van der Waals surface area contributed by atoms with Crippen molar-refractivity contribution in [1.29, 1.82) is 0 Å². The van der Waals surface area contributed by atoms with E-state index in [1.54, 1.807) is 9.58 Å². The van der Waals surface area contributed by atoms with Crippen molar-refractivity contribution in [2.45, 2.75) is 51.7 Å². The van der Waals surface area contributed by atoms with E-state index in [1.165, 1.54) is 0 Å². The first kappa shape index (κ1) is 21.0. The molecule has 162 valence electrons. The number of hydrogen-bond donors (Lipinski definition) is 1. The maximum absolute atomic E-state index is 13.5. The topological polar surface area (TPSA) is 80.1 Å². The van der Waals surface area contributed by atoms with E-state index in [-0.39, 0.29) is 24.4 Å². The lowest BCUT2D eigenvalue weighted by molar-refractivity contribution is -0.142. The zero-order valence-electron chi connectivity index (χ0n) is 18.1. The van der Waals surface area contributed by atoms with E-state index in [1.807, 2.05) is 54.6 Å². The molecule has 2 aromatic carbocycles. The fourth-order valence-corrected chi connectivity index (χ4v) is 3.81. The molecule has 0 bridgehead atoms. The molecular formula is C24H29N5O2. The van der Waals surface area contributed by atoms with E-state index >= 15 is 0 Å². The highest BCUT2D eigenvalue weighted by Crippen LogP contribution is 2.35. The molecule has 1 heterocycles. The summed E-state index contributed by atoms with van der Waals surface area (Å²) in [6.07, 6.45) is 2.72. The Labute approximate surface area is 182 Å². The van der Waals surface area contributed by atoms with Crippen LogP contribution in [-0.4, -0.2) is 44.3 Å². The Kier molecular flexibility index (Phi) is 6.30. The second kappa shape index (κ2) is 9.29. The fraction of sp³-hybridized carbons (Fsp3) is 0.417.